The lowest BCUT2D eigenvalue weighted by Gasteiger charge is -2.26. The van der Waals surface area contributed by atoms with Crippen molar-refractivity contribution in [3.63, 3.8) is 0 Å². The lowest BCUT2D eigenvalue weighted by atomic mass is 10.1. The Morgan fingerprint density at radius 1 is 1.10 bits per heavy atom. The summed E-state index contributed by atoms with van der Waals surface area (Å²) < 4.78 is 5.31. The number of benzene rings is 2. The molecule has 0 aliphatic carbocycles. The highest BCUT2D eigenvalue weighted by molar-refractivity contribution is 6.02. The molecule has 0 aromatic heterocycles. The van der Waals surface area contributed by atoms with Crippen LogP contribution in [0.2, 0.25) is 0 Å². The van der Waals surface area contributed by atoms with Crippen molar-refractivity contribution in [2.45, 2.75) is 6.42 Å². The highest BCUT2D eigenvalue weighted by Crippen LogP contribution is 2.22. The third kappa shape index (κ3) is 3.60. The van der Waals surface area contributed by atoms with Crippen molar-refractivity contribution in [1.29, 1.82) is 0 Å². The van der Waals surface area contributed by atoms with Gasteiger partial charge in [0, 0.05) is 37.1 Å². The molecule has 3 rings (SSSR count). The van der Waals surface area contributed by atoms with E-state index < -0.39 is 0 Å². The molecule has 0 atom stereocenters. The van der Waals surface area contributed by atoms with Crippen LogP contribution in [0.1, 0.15) is 6.42 Å². The van der Waals surface area contributed by atoms with Crippen LogP contribution in [0, 0.1) is 0 Å². The van der Waals surface area contributed by atoms with E-state index in [4.69, 9.17) is 4.74 Å². The monoisotopic (exact) mass is 284 g/mol. The summed E-state index contributed by atoms with van der Waals surface area (Å²) in [5.41, 5.74) is 0.889. The number of amides is 1. The minimum Gasteiger partial charge on any atom is -0.379 e. The molecule has 2 aromatic rings. The molecule has 4 nitrogen and oxygen atoms in total. The summed E-state index contributed by atoms with van der Waals surface area (Å²) in [5, 5.41) is 5.25. The van der Waals surface area contributed by atoms with Crippen LogP contribution in [0.5, 0.6) is 0 Å². The Morgan fingerprint density at radius 3 is 2.71 bits per heavy atom. The molecule has 1 aliphatic rings. The fourth-order valence-electron chi connectivity index (χ4n) is 2.63. The van der Waals surface area contributed by atoms with Gasteiger partial charge in [0.25, 0.3) is 0 Å². The molecule has 0 saturated carbocycles. The van der Waals surface area contributed by atoms with Crippen molar-refractivity contribution < 1.29 is 9.53 Å². The molecule has 1 saturated heterocycles. The van der Waals surface area contributed by atoms with Gasteiger partial charge in [-0.25, -0.2) is 0 Å². The first-order chi connectivity index (χ1) is 10.3. The number of carbonyl (C=O) groups is 1. The SMILES string of the molecule is O=C(CCN1CCOCC1)Nc1cccc2ccccc12. The van der Waals surface area contributed by atoms with Gasteiger partial charge in [-0.05, 0) is 11.5 Å². The van der Waals surface area contributed by atoms with Gasteiger partial charge in [0.1, 0.15) is 0 Å². The zero-order chi connectivity index (χ0) is 14.5. The lowest BCUT2D eigenvalue weighted by Crippen LogP contribution is -2.38. The van der Waals surface area contributed by atoms with E-state index in [1.165, 1.54) is 0 Å². The Hall–Kier alpha value is -1.91. The maximum Gasteiger partial charge on any atom is 0.225 e. The quantitative estimate of drug-likeness (QED) is 0.938. The zero-order valence-electron chi connectivity index (χ0n) is 12.0. The number of nitrogens with one attached hydrogen (secondary N) is 1. The average Bonchev–Trinajstić information content (AvgIpc) is 2.54. The van der Waals surface area contributed by atoms with Crippen molar-refractivity contribution in [3.05, 3.63) is 42.5 Å². The number of nitrogens with zero attached hydrogens (tertiary/aromatic N) is 1. The van der Waals surface area contributed by atoms with E-state index in [0.29, 0.717) is 6.42 Å². The van der Waals surface area contributed by atoms with Gasteiger partial charge >= 0.3 is 0 Å². The first-order valence-corrected chi connectivity index (χ1v) is 7.41. The minimum atomic E-state index is 0.0674. The molecule has 0 unspecified atom stereocenters. The summed E-state index contributed by atoms with van der Waals surface area (Å²) in [6.07, 6.45) is 0.517. The molecule has 110 valence electrons. The topological polar surface area (TPSA) is 41.6 Å². The standard InChI is InChI=1S/C17H20N2O2/c20-17(8-9-19-10-12-21-13-11-19)18-16-7-3-5-14-4-1-2-6-15(14)16/h1-7H,8-13H2,(H,18,20). The van der Waals surface area contributed by atoms with Crippen molar-refractivity contribution in [2.75, 3.05) is 38.2 Å². The van der Waals surface area contributed by atoms with Gasteiger partial charge in [-0.2, -0.15) is 0 Å². The van der Waals surface area contributed by atoms with E-state index in [2.05, 4.69) is 22.3 Å². The molecular weight excluding hydrogens is 264 g/mol. The van der Waals surface area contributed by atoms with Crippen molar-refractivity contribution >= 4 is 22.4 Å². The first-order valence-electron chi connectivity index (χ1n) is 7.41. The van der Waals surface area contributed by atoms with Crippen LogP contribution in [0.25, 0.3) is 10.8 Å². The number of rotatable bonds is 4. The molecule has 1 heterocycles. The van der Waals surface area contributed by atoms with Crippen LogP contribution >= 0.6 is 0 Å². The Kier molecular flexibility index (Phi) is 4.48. The van der Waals surface area contributed by atoms with E-state index in [-0.39, 0.29) is 5.91 Å². The summed E-state index contributed by atoms with van der Waals surface area (Å²) in [6, 6.07) is 14.1. The Bertz CT molecular complexity index is 616. The van der Waals surface area contributed by atoms with Crippen LogP contribution in [0.15, 0.2) is 42.5 Å². The van der Waals surface area contributed by atoms with Crippen LogP contribution in [0.4, 0.5) is 5.69 Å². The van der Waals surface area contributed by atoms with Crippen molar-refractivity contribution in [1.82, 2.24) is 4.90 Å². The fourth-order valence-corrected chi connectivity index (χ4v) is 2.63. The third-order valence-electron chi connectivity index (χ3n) is 3.82. The lowest BCUT2D eigenvalue weighted by molar-refractivity contribution is -0.116. The minimum absolute atomic E-state index is 0.0674. The van der Waals surface area contributed by atoms with E-state index in [1.807, 2.05) is 30.3 Å². The fraction of sp³-hybridized carbons (Fsp3) is 0.353. The number of anilines is 1. The first kappa shape index (κ1) is 14.0. The van der Waals surface area contributed by atoms with Gasteiger partial charge in [0.15, 0.2) is 0 Å². The second kappa shape index (κ2) is 6.70. The smallest absolute Gasteiger partial charge is 0.225 e. The molecule has 0 bridgehead atoms. The maximum absolute atomic E-state index is 12.1. The van der Waals surface area contributed by atoms with Crippen LogP contribution in [-0.2, 0) is 9.53 Å². The molecule has 21 heavy (non-hydrogen) atoms. The summed E-state index contributed by atoms with van der Waals surface area (Å²) in [4.78, 5) is 14.4. The normalized spacial score (nSPS) is 16.0. The predicted molar refractivity (Wildman–Crippen MR) is 84.5 cm³/mol. The van der Waals surface area contributed by atoms with Gasteiger partial charge in [0.05, 0.1) is 13.2 Å². The predicted octanol–water partition coefficient (Wildman–Crippen LogP) is 2.50. The second-order valence-corrected chi connectivity index (χ2v) is 5.28. The molecule has 1 amide bonds. The molecule has 0 spiro atoms. The van der Waals surface area contributed by atoms with E-state index >= 15 is 0 Å². The summed E-state index contributed by atoms with van der Waals surface area (Å²) >= 11 is 0. The number of hydrogen-bond acceptors (Lipinski definition) is 3. The largest absolute Gasteiger partial charge is 0.379 e. The van der Waals surface area contributed by atoms with E-state index in [0.717, 1.165) is 49.3 Å². The van der Waals surface area contributed by atoms with Gasteiger partial charge in [-0.1, -0.05) is 36.4 Å². The molecule has 0 radical (unpaired) electrons. The average molecular weight is 284 g/mol. The van der Waals surface area contributed by atoms with Crippen molar-refractivity contribution in [2.24, 2.45) is 0 Å². The van der Waals surface area contributed by atoms with Gasteiger partial charge < -0.3 is 10.1 Å². The van der Waals surface area contributed by atoms with Crippen LogP contribution < -0.4 is 5.32 Å². The molecule has 4 heteroatoms. The Morgan fingerprint density at radius 2 is 1.86 bits per heavy atom. The maximum atomic E-state index is 12.1. The van der Waals surface area contributed by atoms with E-state index in [1.54, 1.807) is 0 Å². The molecule has 1 fully saturated rings. The molecule has 2 aromatic carbocycles. The van der Waals surface area contributed by atoms with Gasteiger partial charge in [0.2, 0.25) is 5.91 Å². The highest BCUT2D eigenvalue weighted by Gasteiger charge is 2.12. The van der Waals surface area contributed by atoms with Gasteiger partial charge in [-0.15, -0.1) is 0 Å². The molecule has 1 aliphatic heterocycles. The van der Waals surface area contributed by atoms with Crippen LogP contribution in [-0.4, -0.2) is 43.7 Å². The summed E-state index contributed by atoms with van der Waals surface area (Å²) in [6.45, 7) is 4.17. The third-order valence-corrected chi connectivity index (χ3v) is 3.82. The van der Waals surface area contributed by atoms with Crippen LogP contribution in [0.3, 0.4) is 0 Å². The number of carbonyl (C=O) groups excluding carboxylic acids is 1. The molecular formula is C17H20N2O2. The summed E-state index contributed by atoms with van der Waals surface area (Å²) in [7, 11) is 0. The number of hydrogen-bond donors (Lipinski definition) is 1. The Labute approximate surface area is 124 Å². The Balaban J connectivity index is 1.61. The van der Waals surface area contributed by atoms with Gasteiger partial charge in [-0.3, -0.25) is 9.69 Å². The highest BCUT2D eigenvalue weighted by atomic mass is 16.5. The second-order valence-electron chi connectivity index (χ2n) is 5.28. The summed E-state index contributed by atoms with van der Waals surface area (Å²) in [5.74, 6) is 0.0674. The number of morpholine rings is 1. The van der Waals surface area contributed by atoms with E-state index in [9.17, 15) is 4.79 Å². The molecule has 1 N–H and O–H groups in total. The number of fused-ring (bicyclic) bond motifs is 1. The zero-order valence-corrected chi connectivity index (χ0v) is 12.0. The van der Waals surface area contributed by atoms with Crippen molar-refractivity contribution in [3.8, 4) is 0 Å². The number of ether oxygens (including phenoxy) is 1.